The second kappa shape index (κ2) is 7.16. The molecular formula is C13H15F3N4O3. The van der Waals surface area contributed by atoms with Crippen molar-refractivity contribution in [2.75, 3.05) is 31.5 Å². The fraction of sp³-hybridized carbons (Fsp3) is 0.462. The number of hydrogen-bond acceptors (Lipinski definition) is 4. The Labute approximate surface area is 129 Å². The van der Waals surface area contributed by atoms with Crippen LogP contribution in [0.25, 0.3) is 0 Å². The summed E-state index contributed by atoms with van der Waals surface area (Å²) < 4.78 is 39.9. The lowest BCUT2D eigenvalue weighted by Gasteiger charge is -2.27. The van der Waals surface area contributed by atoms with Crippen LogP contribution in [0.1, 0.15) is 12.8 Å². The molecule has 1 heterocycles. The van der Waals surface area contributed by atoms with Gasteiger partial charge in [0.25, 0.3) is 5.69 Å². The number of anilines is 1. The predicted molar refractivity (Wildman–Crippen MR) is 75.7 cm³/mol. The first kappa shape index (κ1) is 16.8. The number of halogens is 3. The molecule has 0 spiro atoms. The number of nitrogens with one attached hydrogen (secondary N) is 2. The Hall–Kier alpha value is -2.52. The molecule has 1 aromatic rings. The molecule has 0 aliphatic carbocycles. The normalized spacial score (nSPS) is 14.6. The smallest absolute Gasteiger partial charge is 0.317 e. The average Bonchev–Trinajstić information content (AvgIpc) is 2.52. The van der Waals surface area contributed by atoms with E-state index in [2.05, 4.69) is 10.6 Å². The van der Waals surface area contributed by atoms with Gasteiger partial charge in [0.2, 0.25) is 0 Å². The minimum absolute atomic E-state index is 0.0621. The van der Waals surface area contributed by atoms with Gasteiger partial charge in [-0.2, -0.15) is 0 Å². The molecule has 1 aliphatic rings. The molecule has 1 saturated heterocycles. The van der Waals surface area contributed by atoms with Crippen LogP contribution in [0.3, 0.4) is 0 Å². The average molecular weight is 332 g/mol. The van der Waals surface area contributed by atoms with Crippen molar-refractivity contribution in [3.05, 3.63) is 33.6 Å². The van der Waals surface area contributed by atoms with Gasteiger partial charge < -0.3 is 15.5 Å². The van der Waals surface area contributed by atoms with Crippen LogP contribution in [0, 0.1) is 27.6 Å². The number of benzene rings is 1. The maximum absolute atomic E-state index is 13.7. The molecule has 23 heavy (non-hydrogen) atoms. The molecule has 0 aromatic heterocycles. The summed E-state index contributed by atoms with van der Waals surface area (Å²) >= 11 is 0. The van der Waals surface area contributed by atoms with Crippen LogP contribution >= 0.6 is 0 Å². The molecule has 2 amide bonds. The SMILES string of the molecule is O=C1NCCCN1CCCNc1c([N+](=O)[O-])cc(F)c(F)c1F. The van der Waals surface area contributed by atoms with Crippen molar-refractivity contribution in [1.29, 1.82) is 0 Å². The molecule has 0 radical (unpaired) electrons. The van der Waals surface area contributed by atoms with Crippen molar-refractivity contribution < 1.29 is 22.9 Å². The van der Waals surface area contributed by atoms with E-state index < -0.39 is 33.7 Å². The van der Waals surface area contributed by atoms with E-state index in [9.17, 15) is 28.1 Å². The second-order valence-electron chi connectivity index (χ2n) is 4.99. The first-order chi connectivity index (χ1) is 10.9. The van der Waals surface area contributed by atoms with Crippen molar-refractivity contribution in [3.63, 3.8) is 0 Å². The lowest BCUT2D eigenvalue weighted by Crippen LogP contribution is -2.46. The third kappa shape index (κ3) is 3.82. The summed E-state index contributed by atoms with van der Waals surface area (Å²) in [7, 11) is 0. The van der Waals surface area contributed by atoms with E-state index in [0.717, 1.165) is 6.42 Å². The molecule has 1 aromatic carbocycles. The number of amides is 2. The standard InChI is InChI=1S/C13H15F3N4O3/c14-8-7-9(20(22)23)12(11(16)10(8)15)17-3-1-5-19-6-2-4-18-13(19)21/h7,17H,1-6H2,(H,18,21). The van der Waals surface area contributed by atoms with E-state index >= 15 is 0 Å². The van der Waals surface area contributed by atoms with Crippen LogP contribution in [0.4, 0.5) is 29.3 Å². The van der Waals surface area contributed by atoms with Gasteiger partial charge in [-0.3, -0.25) is 10.1 Å². The zero-order chi connectivity index (χ0) is 17.0. The molecule has 0 unspecified atom stereocenters. The molecule has 7 nitrogen and oxygen atoms in total. The highest BCUT2D eigenvalue weighted by atomic mass is 19.2. The number of hydrogen-bond donors (Lipinski definition) is 2. The molecule has 126 valence electrons. The lowest BCUT2D eigenvalue weighted by molar-refractivity contribution is -0.384. The van der Waals surface area contributed by atoms with Crippen molar-refractivity contribution in [1.82, 2.24) is 10.2 Å². The van der Waals surface area contributed by atoms with Gasteiger partial charge >= 0.3 is 6.03 Å². The van der Waals surface area contributed by atoms with E-state index in [1.807, 2.05) is 0 Å². The highest BCUT2D eigenvalue weighted by molar-refractivity contribution is 5.74. The Bertz CT molecular complexity index is 627. The predicted octanol–water partition coefficient (Wildman–Crippen LogP) is 2.23. The number of rotatable bonds is 6. The molecule has 0 saturated carbocycles. The van der Waals surface area contributed by atoms with E-state index in [1.54, 1.807) is 4.90 Å². The molecule has 10 heteroatoms. The number of carbonyl (C=O) groups excluding carboxylic acids is 1. The van der Waals surface area contributed by atoms with Crippen LogP contribution in [0.5, 0.6) is 0 Å². The van der Waals surface area contributed by atoms with Gasteiger partial charge in [0.05, 0.1) is 11.0 Å². The molecule has 1 aliphatic heterocycles. The van der Waals surface area contributed by atoms with E-state index in [-0.39, 0.29) is 12.6 Å². The summed E-state index contributed by atoms with van der Waals surface area (Å²) in [5, 5.41) is 15.9. The Morgan fingerprint density at radius 1 is 1.35 bits per heavy atom. The topological polar surface area (TPSA) is 87.5 Å². The summed E-state index contributed by atoms with van der Waals surface area (Å²) in [5.74, 6) is -5.02. The molecule has 2 N–H and O–H groups in total. The minimum Gasteiger partial charge on any atom is -0.377 e. The summed E-state index contributed by atoms with van der Waals surface area (Å²) in [6.07, 6.45) is 1.17. The number of urea groups is 1. The Morgan fingerprint density at radius 3 is 2.74 bits per heavy atom. The van der Waals surface area contributed by atoms with E-state index in [0.29, 0.717) is 32.1 Å². The van der Waals surface area contributed by atoms with Gasteiger partial charge in [-0.05, 0) is 12.8 Å². The van der Waals surface area contributed by atoms with Crippen molar-refractivity contribution in [2.45, 2.75) is 12.8 Å². The van der Waals surface area contributed by atoms with Crippen LogP contribution in [-0.2, 0) is 0 Å². The highest BCUT2D eigenvalue weighted by Gasteiger charge is 2.25. The van der Waals surface area contributed by atoms with Crippen molar-refractivity contribution >= 4 is 17.4 Å². The Balaban J connectivity index is 1.98. The minimum atomic E-state index is -1.77. The summed E-state index contributed by atoms with van der Waals surface area (Å²) in [4.78, 5) is 22.9. The van der Waals surface area contributed by atoms with Crippen LogP contribution in [-0.4, -0.2) is 42.0 Å². The van der Waals surface area contributed by atoms with E-state index in [1.165, 1.54) is 0 Å². The van der Waals surface area contributed by atoms with Gasteiger partial charge in [0.15, 0.2) is 23.1 Å². The quantitative estimate of drug-likeness (QED) is 0.362. The van der Waals surface area contributed by atoms with Gasteiger partial charge in [-0.15, -0.1) is 0 Å². The number of carbonyl (C=O) groups is 1. The van der Waals surface area contributed by atoms with E-state index in [4.69, 9.17) is 0 Å². The molecule has 0 bridgehead atoms. The zero-order valence-corrected chi connectivity index (χ0v) is 12.1. The first-order valence-electron chi connectivity index (χ1n) is 7.00. The summed E-state index contributed by atoms with van der Waals surface area (Å²) in [5.41, 5.74) is -1.57. The number of nitro groups is 1. The van der Waals surface area contributed by atoms with Crippen LogP contribution in [0.15, 0.2) is 6.07 Å². The van der Waals surface area contributed by atoms with Crippen molar-refractivity contribution in [2.24, 2.45) is 0 Å². The Morgan fingerprint density at radius 2 is 2.09 bits per heavy atom. The van der Waals surface area contributed by atoms with Gasteiger partial charge in [-0.25, -0.2) is 18.0 Å². The monoisotopic (exact) mass is 332 g/mol. The second-order valence-corrected chi connectivity index (χ2v) is 4.99. The van der Waals surface area contributed by atoms with Crippen LogP contribution < -0.4 is 10.6 Å². The maximum atomic E-state index is 13.7. The largest absolute Gasteiger partial charge is 0.377 e. The maximum Gasteiger partial charge on any atom is 0.317 e. The van der Waals surface area contributed by atoms with Gasteiger partial charge in [0.1, 0.15) is 0 Å². The van der Waals surface area contributed by atoms with Crippen molar-refractivity contribution in [3.8, 4) is 0 Å². The molecule has 0 atom stereocenters. The van der Waals surface area contributed by atoms with Crippen LogP contribution in [0.2, 0.25) is 0 Å². The van der Waals surface area contributed by atoms with Gasteiger partial charge in [0, 0.05) is 26.2 Å². The fourth-order valence-corrected chi connectivity index (χ4v) is 2.27. The third-order valence-corrected chi connectivity index (χ3v) is 3.41. The Kier molecular flexibility index (Phi) is 5.24. The summed E-state index contributed by atoms with van der Waals surface area (Å²) in [6.45, 7) is 1.62. The lowest BCUT2D eigenvalue weighted by atomic mass is 10.2. The molecular weight excluding hydrogens is 317 g/mol. The first-order valence-corrected chi connectivity index (χ1v) is 7.00. The number of nitrogens with zero attached hydrogens (tertiary/aromatic N) is 2. The molecule has 1 fully saturated rings. The highest BCUT2D eigenvalue weighted by Crippen LogP contribution is 2.30. The van der Waals surface area contributed by atoms with Gasteiger partial charge in [-0.1, -0.05) is 0 Å². The summed E-state index contributed by atoms with van der Waals surface area (Å²) in [6, 6.07) is 0.125. The zero-order valence-electron chi connectivity index (χ0n) is 12.1. The third-order valence-electron chi connectivity index (χ3n) is 3.41. The molecule has 2 rings (SSSR count). The number of nitro benzene ring substituents is 1. The fourth-order valence-electron chi connectivity index (χ4n) is 2.27.